The SMILES string of the molecule is Cc1ccc(NS(=O)(=O)c2ccc(NC(=O)[C@@H](C)Oc3ccc(C)cc3C)cc2)c(C)c1. The number of aryl methyl sites for hydroxylation is 4. The highest BCUT2D eigenvalue weighted by molar-refractivity contribution is 7.92. The van der Waals surface area contributed by atoms with E-state index in [9.17, 15) is 13.2 Å². The minimum atomic E-state index is -3.75. The molecule has 0 unspecified atom stereocenters. The van der Waals surface area contributed by atoms with Crippen LogP contribution < -0.4 is 14.8 Å². The van der Waals surface area contributed by atoms with E-state index in [-0.39, 0.29) is 10.8 Å². The molecule has 0 bridgehead atoms. The van der Waals surface area contributed by atoms with E-state index in [1.807, 2.05) is 58.0 Å². The summed E-state index contributed by atoms with van der Waals surface area (Å²) in [6.45, 7) is 9.39. The molecule has 0 aliphatic heterocycles. The van der Waals surface area contributed by atoms with Crippen LogP contribution in [0.5, 0.6) is 5.75 Å². The molecule has 0 aliphatic rings. The third kappa shape index (κ3) is 5.68. The number of carbonyl (C=O) groups is 1. The lowest BCUT2D eigenvalue weighted by Gasteiger charge is -2.17. The molecule has 3 aromatic carbocycles. The molecule has 32 heavy (non-hydrogen) atoms. The maximum Gasteiger partial charge on any atom is 0.265 e. The van der Waals surface area contributed by atoms with Gasteiger partial charge in [-0.1, -0.05) is 35.4 Å². The first kappa shape index (κ1) is 23.3. The lowest BCUT2D eigenvalue weighted by molar-refractivity contribution is -0.122. The third-order valence-electron chi connectivity index (χ3n) is 5.06. The Morgan fingerprint density at radius 3 is 2.03 bits per heavy atom. The number of hydrogen-bond donors (Lipinski definition) is 2. The number of sulfonamides is 1. The van der Waals surface area contributed by atoms with E-state index in [0.29, 0.717) is 17.1 Å². The molecule has 0 saturated heterocycles. The zero-order valence-electron chi connectivity index (χ0n) is 18.9. The second-order valence-electron chi connectivity index (χ2n) is 7.97. The van der Waals surface area contributed by atoms with Crippen molar-refractivity contribution in [1.82, 2.24) is 0 Å². The van der Waals surface area contributed by atoms with E-state index in [1.165, 1.54) is 12.1 Å². The number of ether oxygens (including phenoxy) is 1. The minimum absolute atomic E-state index is 0.107. The van der Waals surface area contributed by atoms with Gasteiger partial charge in [0.15, 0.2) is 6.10 Å². The summed E-state index contributed by atoms with van der Waals surface area (Å²) in [5.41, 5.74) is 4.99. The Labute approximate surface area is 189 Å². The number of benzene rings is 3. The molecule has 0 heterocycles. The molecule has 7 heteroatoms. The first-order chi connectivity index (χ1) is 15.0. The van der Waals surface area contributed by atoms with Gasteiger partial charge in [0.2, 0.25) is 0 Å². The Balaban J connectivity index is 1.66. The van der Waals surface area contributed by atoms with Gasteiger partial charge in [0.05, 0.1) is 10.6 Å². The molecule has 3 aromatic rings. The average Bonchev–Trinajstić information content (AvgIpc) is 2.72. The van der Waals surface area contributed by atoms with Crippen LogP contribution in [0.1, 0.15) is 29.2 Å². The summed E-state index contributed by atoms with van der Waals surface area (Å²) in [6.07, 6.45) is -0.717. The minimum Gasteiger partial charge on any atom is -0.481 e. The van der Waals surface area contributed by atoms with Crippen LogP contribution in [0, 0.1) is 27.7 Å². The third-order valence-corrected chi connectivity index (χ3v) is 6.44. The molecule has 6 nitrogen and oxygen atoms in total. The van der Waals surface area contributed by atoms with E-state index in [0.717, 1.165) is 22.3 Å². The molecule has 1 atom stereocenters. The molecule has 1 amide bonds. The monoisotopic (exact) mass is 452 g/mol. The van der Waals surface area contributed by atoms with E-state index < -0.39 is 16.1 Å². The molecule has 0 fully saturated rings. The number of anilines is 2. The molecule has 0 saturated carbocycles. The van der Waals surface area contributed by atoms with Crippen LogP contribution in [0.4, 0.5) is 11.4 Å². The Morgan fingerprint density at radius 2 is 1.44 bits per heavy atom. The van der Waals surface area contributed by atoms with Gasteiger partial charge in [-0.3, -0.25) is 9.52 Å². The van der Waals surface area contributed by atoms with Gasteiger partial charge >= 0.3 is 0 Å². The van der Waals surface area contributed by atoms with Crippen molar-refractivity contribution in [2.75, 3.05) is 10.0 Å². The van der Waals surface area contributed by atoms with Gasteiger partial charge in [-0.15, -0.1) is 0 Å². The van der Waals surface area contributed by atoms with Crippen molar-refractivity contribution in [2.24, 2.45) is 0 Å². The summed E-state index contributed by atoms with van der Waals surface area (Å²) in [5.74, 6) is 0.325. The molecule has 2 N–H and O–H groups in total. The second kappa shape index (κ2) is 9.44. The van der Waals surface area contributed by atoms with Gasteiger partial charge in [0, 0.05) is 5.69 Å². The summed E-state index contributed by atoms with van der Waals surface area (Å²) < 4.78 is 33.8. The fourth-order valence-electron chi connectivity index (χ4n) is 3.27. The first-order valence-corrected chi connectivity index (χ1v) is 11.8. The standard InChI is InChI=1S/C25H28N2O4S/c1-16-6-12-23(18(3)14-16)27-32(29,30)22-10-8-21(9-11-22)26-25(28)20(5)31-24-13-7-17(2)15-19(24)4/h6-15,20,27H,1-5H3,(H,26,28)/t20-/m1/s1. The molecule has 0 spiro atoms. The first-order valence-electron chi connectivity index (χ1n) is 10.3. The molecule has 0 aliphatic carbocycles. The highest BCUT2D eigenvalue weighted by atomic mass is 32.2. The number of rotatable bonds is 7. The maximum atomic E-state index is 12.7. The predicted octanol–water partition coefficient (Wildman–Crippen LogP) is 5.13. The van der Waals surface area contributed by atoms with Gasteiger partial charge in [0.1, 0.15) is 5.75 Å². The van der Waals surface area contributed by atoms with Crippen molar-refractivity contribution < 1.29 is 17.9 Å². The number of carbonyl (C=O) groups excluding carboxylic acids is 1. The number of amides is 1. The van der Waals surface area contributed by atoms with Gasteiger partial charge in [-0.05, 0) is 82.1 Å². The smallest absolute Gasteiger partial charge is 0.265 e. The maximum absolute atomic E-state index is 12.7. The van der Waals surface area contributed by atoms with Crippen molar-refractivity contribution in [3.63, 3.8) is 0 Å². The average molecular weight is 453 g/mol. The van der Waals surface area contributed by atoms with E-state index in [1.54, 1.807) is 25.1 Å². The Hall–Kier alpha value is -3.32. The van der Waals surface area contributed by atoms with Gasteiger partial charge < -0.3 is 10.1 Å². The summed E-state index contributed by atoms with van der Waals surface area (Å²) in [7, 11) is -3.75. The topological polar surface area (TPSA) is 84.5 Å². The highest BCUT2D eigenvalue weighted by Crippen LogP contribution is 2.23. The molecule has 0 aromatic heterocycles. The van der Waals surface area contributed by atoms with E-state index in [4.69, 9.17) is 4.74 Å². The van der Waals surface area contributed by atoms with Crippen molar-refractivity contribution >= 4 is 27.3 Å². The largest absolute Gasteiger partial charge is 0.481 e. The number of hydrogen-bond acceptors (Lipinski definition) is 4. The summed E-state index contributed by atoms with van der Waals surface area (Å²) in [5, 5.41) is 2.76. The molecular weight excluding hydrogens is 424 g/mol. The fraction of sp³-hybridized carbons (Fsp3) is 0.240. The Morgan fingerprint density at radius 1 is 0.844 bits per heavy atom. The second-order valence-corrected chi connectivity index (χ2v) is 9.65. The molecule has 0 radical (unpaired) electrons. The zero-order valence-corrected chi connectivity index (χ0v) is 19.7. The summed E-state index contributed by atoms with van der Waals surface area (Å²) in [6, 6.07) is 17.3. The van der Waals surface area contributed by atoms with Crippen LogP contribution in [0.15, 0.2) is 65.6 Å². The molecule has 168 valence electrons. The van der Waals surface area contributed by atoms with Crippen LogP contribution in [0.2, 0.25) is 0 Å². The molecular formula is C25H28N2O4S. The van der Waals surface area contributed by atoms with Crippen LogP contribution in [0.25, 0.3) is 0 Å². The van der Waals surface area contributed by atoms with Crippen molar-refractivity contribution in [2.45, 2.75) is 45.6 Å². The molecule has 3 rings (SSSR count). The fourth-order valence-corrected chi connectivity index (χ4v) is 4.40. The van der Waals surface area contributed by atoms with Crippen molar-refractivity contribution in [3.05, 3.63) is 82.9 Å². The Kier molecular flexibility index (Phi) is 6.89. The number of nitrogens with one attached hydrogen (secondary N) is 2. The van der Waals surface area contributed by atoms with Crippen LogP contribution in [-0.4, -0.2) is 20.4 Å². The van der Waals surface area contributed by atoms with Gasteiger partial charge in [-0.2, -0.15) is 0 Å². The normalized spacial score (nSPS) is 12.2. The van der Waals surface area contributed by atoms with Gasteiger partial charge in [0.25, 0.3) is 15.9 Å². The van der Waals surface area contributed by atoms with Crippen LogP contribution in [0.3, 0.4) is 0 Å². The summed E-state index contributed by atoms with van der Waals surface area (Å²) in [4.78, 5) is 12.6. The van der Waals surface area contributed by atoms with E-state index in [2.05, 4.69) is 10.0 Å². The lowest BCUT2D eigenvalue weighted by atomic mass is 10.1. The van der Waals surface area contributed by atoms with Gasteiger partial charge in [-0.25, -0.2) is 8.42 Å². The quantitative estimate of drug-likeness (QED) is 0.521. The highest BCUT2D eigenvalue weighted by Gasteiger charge is 2.18. The van der Waals surface area contributed by atoms with E-state index >= 15 is 0 Å². The summed E-state index contributed by atoms with van der Waals surface area (Å²) >= 11 is 0. The van der Waals surface area contributed by atoms with Crippen molar-refractivity contribution in [3.8, 4) is 5.75 Å². The zero-order chi connectivity index (χ0) is 23.5. The predicted molar refractivity (Wildman–Crippen MR) is 128 cm³/mol. The lowest BCUT2D eigenvalue weighted by Crippen LogP contribution is -2.30. The van der Waals surface area contributed by atoms with Crippen molar-refractivity contribution in [1.29, 1.82) is 0 Å². The van der Waals surface area contributed by atoms with Crippen LogP contribution in [-0.2, 0) is 14.8 Å². The van der Waals surface area contributed by atoms with Crippen LogP contribution >= 0.6 is 0 Å². The Bertz CT molecular complexity index is 1240.